The first-order valence-corrected chi connectivity index (χ1v) is 7.41. The molecule has 1 amide bonds. The molecular formula is C17H24N2O. The molecule has 1 aromatic carbocycles. The summed E-state index contributed by atoms with van der Waals surface area (Å²) in [7, 11) is 0. The summed E-state index contributed by atoms with van der Waals surface area (Å²) in [5, 5.41) is 4.16. The number of carbonyl (C=O) groups is 1. The highest BCUT2D eigenvalue weighted by Gasteiger charge is 2.11. The zero-order valence-corrected chi connectivity index (χ0v) is 12.8. The van der Waals surface area contributed by atoms with Gasteiger partial charge in [-0.3, -0.25) is 4.79 Å². The highest BCUT2D eigenvalue weighted by atomic mass is 16.1. The van der Waals surface area contributed by atoms with E-state index in [0.29, 0.717) is 5.92 Å². The van der Waals surface area contributed by atoms with Crippen LogP contribution in [0, 0.1) is 11.8 Å². The summed E-state index contributed by atoms with van der Waals surface area (Å²) in [6.45, 7) is 9.42. The van der Waals surface area contributed by atoms with Crippen molar-refractivity contribution in [3.8, 4) is 0 Å². The van der Waals surface area contributed by atoms with Crippen LogP contribution in [0.4, 0.5) is 5.69 Å². The van der Waals surface area contributed by atoms with Crippen molar-refractivity contribution in [2.24, 2.45) is 11.8 Å². The minimum Gasteiger partial charge on any atom is -0.347 e. The summed E-state index contributed by atoms with van der Waals surface area (Å²) >= 11 is 0. The number of fused-ring (bicyclic) bond motifs is 1. The van der Waals surface area contributed by atoms with E-state index < -0.39 is 0 Å². The van der Waals surface area contributed by atoms with Gasteiger partial charge in [0.05, 0.1) is 0 Å². The molecule has 0 spiro atoms. The van der Waals surface area contributed by atoms with Crippen LogP contribution in [0.2, 0.25) is 0 Å². The van der Waals surface area contributed by atoms with Crippen LogP contribution >= 0.6 is 0 Å². The Balaban J connectivity index is 2.20. The van der Waals surface area contributed by atoms with Crippen LogP contribution in [0.5, 0.6) is 0 Å². The van der Waals surface area contributed by atoms with E-state index in [4.69, 9.17) is 0 Å². The molecule has 0 saturated heterocycles. The van der Waals surface area contributed by atoms with E-state index in [-0.39, 0.29) is 11.8 Å². The number of hydrogen-bond acceptors (Lipinski definition) is 1. The van der Waals surface area contributed by atoms with Crippen molar-refractivity contribution in [1.29, 1.82) is 0 Å². The van der Waals surface area contributed by atoms with Gasteiger partial charge in [-0.05, 0) is 36.6 Å². The lowest BCUT2D eigenvalue weighted by Crippen LogP contribution is -2.19. The summed E-state index contributed by atoms with van der Waals surface area (Å²) in [5.74, 6) is 0.764. The first-order chi connectivity index (χ1) is 9.51. The maximum atomic E-state index is 11.9. The van der Waals surface area contributed by atoms with Gasteiger partial charge in [-0.25, -0.2) is 0 Å². The van der Waals surface area contributed by atoms with Crippen molar-refractivity contribution < 1.29 is 4.79 Å². The van der Waals surface area contributed by atoms with Crippen LogP contribution in [0.3, 0.4) is 0 Å². The lowest BCUT2D eigenvalue weighted by molar-refractivity contribution is -0.119. The topological polar surface area (TPSA) is 34.0 Å². The molecule has 0 aliphatic carbocycles. The Hall–Kier alpha value is -1.77. The number of benzene rings is 1. The zero-order valence-electron chi connectivity index (χ0n) is 12.8. The van der Waals surface area contributed by atoms with E-state index in [1.165, 1.54) is 10.9 Å². The molecule has 0 saturated carbocycles. The van der Waals surface area contributed by atoms with Gasteiger partial charge in [0.2, 0.25) is 5.91 Å². The first-order valence-electron chi connectivity index (χ1n) is 7.41. The fourth-order valence-corrected chi connectivity index (χ4v) is 2.28. The van der Waals surface area contributed by atoms with Gasteiger partial charge >= 0.3 is 0 Å². The third-order valence-corrected chi connectivity index (χ3v) is 3.66. The Kier molecular flexibility index (Phi) is 4.48. The number of nitrogens with one attached hydrogen (secondary N) is 1. The van der Waals surface area contributed by atoms with Crippen LogP contribution < -0.4 is 5.32 Å². The van der Waals surface area contributed by atoms with E-state index in [9.17, 15) is 4.79 Å². The SMILES string of the molecule is CC[C@H](C)C(=O)Nc1ccc2c(ccn2CC(C)C)c1. The summed E-state index contributed by atoms with van der Waals surface area (Å²) in [6.07, 6.45) is 2.98. The quantitative estimate of drug-likeness (QED) is 0.866. The van der Waals surface area contributed by atoms with Crippen molar-refractivity contribution in [1.82, 2.24) is 4.57 Å². The molecule has 3 heteroatoms. The summed E-state index contributed by atoms with van der Waals surface area (Å²) in [4.78, 5) is 11.9. The van der Waals surface area contributed by atoms with Gasteiger partial charge in [0, 0.05) is 35.2 Å². The van der Waals surface area contributed by atoms with Crippen molar-refractivity contribution in [3.63, 3.8) is 0 Å². The van der Waals surface area contributed by atoms with E-state index in [1.807, 2.05) is 26.0 Å². The molecule has 0 fully saturated rings. The third-order valence-electron chi connectivity index (χ3n) is 3.66. The fraction of sp³-hybridized carbons (Fsp3) is 0.471. The zero-order chi connectivity index (χ0) is 14.7. The van der Waals surface area contributed by atoms with Crippen molar-refractivity contribution in [2.75, 3.05) is 5.32 Å². The van der Waals surface area contributed by atoms with E-state index in [0.717, 1.165) is 18.7 Å². The number of amides is 1. The second-order valence-corrected chi connectivity index (χ2v) is 5.93. The lowest BCUT2D eigenvalue weighted by atomic mass is 10.1. The Morgan fingerprint density at radius 1 is 1.25 bits per heavy atom. The van der Waals surface area contributed by atoms with Gasteiger partial charge in [-0.15, -0.1) is 0 Å². The van der Waals surface area contributed by atoms with Gasteiger partial charge in [-0.1, -0.05) is 27.7 Å². The second-order valence-electron chi connectivity index (χ2n) is 5.93. The molecule has 1 atom stereocenters. The van der Waals surface area contributed by atoms with Gasteiger partial charge < -0.3 is 9.88 Å². The van der Waals surface area contributed by atoms with Crippen LogP contribution in [0.1, 0.15) is 34.1 Å². The Morgan fingerprint density at radius 2 is 2.00 bits per heavy atom. The lowest BCUT2D eigenvalue weighted by Gasteiger charge is -2.11. The number of hydrogen-bond donors (Lipinski definition) is 1. The smallest absolute Gasteiger partial charge is 0.227 e. The Labute approximate surface area is 121 Å². The molecule has 0 aliphatic rings. The number of aromatic nitrogens is 1. The molecule has 108 valence electrons. The molecule has 0 unspecified atom stereocenters. The molecule has 0 bridgehead atoms. The summed E-state index contributed by atoms with van der Waals surface area (Å²) < 4.78 is 2.26. The molecule has 0 radical (unpaired) electrons. The Morgan fingerprint density at radius 3 is 2.65 bits per heavy atom. The molecule has 1 aromatic heterocycles. The van der Waals surface area contributed by atoms with Crippen molar-refractivity contribution in [3.05, 3.63) is 30.5 Å². The molecule has 1 heterocycles. The van der Waals surface area contributed by atoms with Crippen LogP contribution in [-0.4, -0.2) is 10.5 Å². The summed E-state index contributed by atoms with van der Waals surface area (Å²) in [5.41, 5.74) is 2.10. The molecule has 3 nitrogen and oxygen atoms in total. The largest absolute Gasteiger partial charge is 0.347 e. The van der Waals surface area contributed by atoms with Crippen LogP contribution in [0.25, 0.3) is 10.9 Å². The molecular weight excluding hydrogens is 248 g/mol. The van der Waals surface area contributed by atoms with Crippen molar-refractivity contribution in [2.45, 2.75) is 40.7 Å². The van der Waals surface area contributed by atoms with Gasteiger partial charge in [-0.2, -0.15) is 0 Å². The van der Waals surface area contributed by atoms with Gasteiger partial charge in [0.15, 0.2) is 0 Å². The highest BCUT2D eigenvalue weighted by Crippen LogP contribution is 2.22. The minimum atomic E-state index is 0.0521. The number of nitrogens with zero attached hydrogens (tertiary/aromatic N) is 1. The average Bonchev–Trinajstić information content (AvgIpc) is 2.79. The molecule has 0 aliphatic heterocycles. The second kappa shape index (κ2) is 6.12. The van der Waals surface area contributed by atoms with Crippen molar-refractivity contribution >= 4 is 22.5 Å². The number of anilines is 1. The maximum absolute atomic E-state index is 11.9. The first kappa shape index (κ1) is 14.6. The standard InChI is InChI=1S/C17H24N2O/c1-5-13(4)17(20)18-15-6-7-16-14(10-15)8-9-19(16)11-12(2)3/h6-10,12-13H,5,11H2,1-4H3,(H,18,20)/t13-/m0/s1. The maximum Gasteiger partial charge on any atom is 0.227 e. The third kappa shape index (κ3) is 3.21. The molecule has 1 N–H and O–H groups in total. The predicted molar refractivity (Wildman–Crippen MR) is 84.9 cm³/mol. The molecule has 20 heavy (non-hydrogen) atoms. The van der Waals surface area contributed by atoms with Crippen LogP contribution in [-0.2, 0) is 11.3 Å². The number of rotatable bonds is 5. The van der Waals surface area contributed by atoms with Crippen LogP contribution in [0.15, 0.2) is 30.5 Å². The van der Waals surface area contributed by atoms with E-state index >= 15 is 0 Å². The Bertz CT molecular complexity index is 598. The fourth-order valence-electron chi connectivity index (χ4n) is 2.28. The average molecular weight is 272 g/mol. The van der Waals surface area contributed by atoms with Gasteiger partial charge in [0.25, 0.3) is 0 Å². The monoisotopic (exact) mass is 272 g/mol. The minimum absolute atomic E-state index is 0.0521. The highest BCUT2D eigenvalue weighted by molar-refractivity contribution is 5.95. The normalized spacial score (nSPS) is 12.8. The summed E-state index contributed by atoms with van der Waals surface area (Å²) in [6, 6.07) is 8.23. The van der Waals surface area contributed by atoms with E-state index in [2.05, 4.69) is 42.1 Å². The van der Waals surface area contributed by atoms with E-state index in [1.54, 1.807) is 0 Å². The predicted octanol–water partition coefficient (Wildman–Crippen LogP) is 4.28. The van der Waals surface area contributed by atoms with Gasteiger partial charge in [0.1, 0.15) is 0 Å². The molecule has 2 aromatic rings. The number of carbonyl (C=O) groups excluding carboxylic acids is 1. The molecule has 2 rings (SSSR count).